The van der Waals surface area contributed by atoms with E-state index in [-0.39, 0.29) is 0 Å². The number of hydrogen-bond acceptors (Lipinski definition) is 2. The molecule has 3 heteroatoms. The van der Waals surface area contributed by atoms with Crippen LogP contribution in [0.5, 0.6) is 0 Å². The lowest BCUT2D eigenvalue weighted by atomic mass is 10.3. The van der Waals surface area contributed by atoms with Crippen molar-refractivity contribution in [2.75, 3.05) is 0 Å². The molecule has 0 atom stereocenters. The number of benzene rings is 1. The monoisotopic (exact) mass is 178 g/mol. The highest BCUT2D eigenvalue weighted by molar-refractivity contribution is 7.80. The first-order valence-corrected chi connectivity index (χ1v) is 4.42. The van der Waals surface area contributed by atoms with Crippen LogP contribution in [0.3, 0.4) is 0 Å². The Bertz CT molecular complexity index is 406. The van der Waals surface area contributed by atoms with Crippen LogP contribution in [0, 0.1) is 0 Å². The van der Waals surface area contributed by atoms with Crippen molar-refractivity contribution in [1.82, 2.24) is 9.97 Å². The molecular formula is C9H10N2S. The number of aromatic nitrogens is 2. The largest absolute Gasteiger partial charge is 0.342 e. The zero-order valence-corrected chi connectivity index (χ0v) is 7.73. The Balaban J connectivity index is 2.74. The average Bonchev–Trinajstić information content (AvgIpc) is 2.49. The SMILES string of the molecule is CCc1nc2c(S)cccc2[nH]1. The quantitative estimate of drug-likeness (QED) is 0.645. The minimum absolute atomic E-state index is 0.932. The van der Waals surface area contributed by atoms with E-state index in [1.54, 1.807) is 0 Å². The molecule has 0 aliphatic heterocycles. The van der Waals surface area contributed by atoms with Crippen LogP contribution >= 0.6 is 12.6 Å². The summed E-state index contributed by atoms with van der Waals surface area (Å²) in [6.07, 6.45) is 0.932. The van der Waals surface area contributed by atoms with Crippen LogP contribution in [0.15, 0.2) is 23.1 Å². The molecule has 2 aromatic rings. The van der Waals surface area contributed by atoms with Gasteiger partial charge in [-0.2, -0.15) is 0 Å². The normalized spacial score (nSPS) is 10.8. The maximum Gasteiger partial charge on any atom is 0.106 e. The van der Waals surface area contributed by atoms with Crippen molar-refractivity contribution in [3.8, 4) is 0 Å². The van der Waals surface area contributed by atoms with E-state index in [9.17, 15) is 0 Å². The van der Waals surface area contributed by atoms with Gasteiger partial charge in [0.25, 0.3) is 0 Å². The number of aromatic amines is 1. The molecule has 12 heavy (non-hydrogen) atoms. The molecule has 2 rings (SSSR count). The molecule has 2 nitrogen and oxygen atoms in total. The molecule has 0 aliphatic rings. The minimum atomic E-state index is 0.932. The molecule has 1 heterocycles. The van der Waals surface area contributed by atoms with Crippen LogP contribution in [0.1, 0.15) is 12.7 Å². The minimum Gasteiger partial charge on any atom is -0.342 e. The van der Waals surface area contributed by atoms with Crippen LogP contribution in [0.4, 0.5) is 0 Å². The number of thiol groups is 1. The van der Waals surface area contributed by atoms with E-state index in [1.165, 1.54) is 0 Å². The highest BCUT2D eigenvalue weighted by Gasteiger charge is 2.02. The third kappa shape index (κ3) is 1.10. The smallest absolute Gasteiger partial charge is 0.106 e. The van der Waals surface area contributed by atoms with Crippen molar-refractivity contribution in [3.63, 3.8) is 0 Å². The predicted molar refractivity (Wildman–Crippen MR) is 52.7 cm³/mol. The summed E-state index contributed by atoms with van der Waals surface area (Å²) in [7, 11) is 0. The van der Waals surface area contributed by atoms with E-state index in [0.717, 1.165) is 28.2 Å². The molecule has 0 bridgehead atoms. The molecule has 0 saturated carbocycles. The second kappa shape index (κ2) is 2.83. The van der Waals surface area contributed by atoms with Crippen molar-refractivity contribution in [2.24, 2.45) is 0 Å². The summed E-state index contributed by atoms with van der Waals surface area (Å²) in [6, 6.07) is 5.94. The Kier molecular flexibility index (Phi) is 1.81. The van der Waals surface area contributed by atoms with Gasteiger partial charge in [0.2, 0.25) is 0 Å². The van der Waals surface area contributed by atoms with E-state index < -0.39 is 0 Å². The third-order valence-electron chi connectivity index (χ3n) is 1.88. The number of nitrogens with one attached hydrogen (secondary N) is 1. The fourth-order valence-electron chi connectivity index (χ4n) is 1.24. The zero-order valence-electron chi connectivity index (χ0n) is 6.83. The van der Waals surface area contributed by atoms with Gasteiger partial charge in [-0.15, -0.1) is 12.6 Å². The van der Waals surface area contributed by atoms with Crippen LogP contribution in [0.2, 0.25) is 0 Å². The van der Waals surface area contributed by atoms with E-state index >= 15 is 0 Å². The molecule has 0 saturated heterocycles. The highest BCUT2D eigenvalue weighted by Crippen LogP contribution is 2.19. The van der Waals surface area contributed by atoms with E-state index in [0.29, 0.717) is 0 Å². The third-order valence-corrected chi connectivity index (χ3v) is 2.24. The molecular weight excluding hydrogens is 168 g/mol. The molecule has 1 aromatic carbocycles. The molecule has 0 unspecified atom stereocenters. The summed E-state index contributed by atoms with van der Waals surface area (Å²) in [6.45, 7) is 2.08. The highest BCUT2D eigenvalue weighted by atomic mass is 32.1. The van der Waals surface area contributed by atoms with Gasteiger partial charge in [0.15, 0.2) is 0 Å². The van der Waals surface area contributed by atoms with Gasteiger partial charge in [-0.1, -0.05) is 13.0 Å². The summed E-state index contributed by atoms with van der Waals surface area (Å²) in [4.78, 5) is 8.56. The molecule has 62 valence electrons. The first-order chi connectivity index (χ1) is 5.81. The second-order valence-corrected chi connectivity index (χ2v) is 3.19. The summed E-state index contributed by atoms with van der Waals surface area (Å²) in [5.74, 6) is 1.02. The number of nitrogens with zero attached hydrogens (tertiary/aromatic N) is 1. The molecule has 0 amide bonds. The molecule has 1 aromatic heterocycles. The summed E-state index contributed by atoms with van der Waals surface area (Å²) < 4.78 is 0. The Hall–Kier alpha value is -0.960. The summed E-state index contributed by atoms with van der Waals surface area (Å²) >= 11 is 4.32. The van der Waals surface area contributed by atoms with Crippen LogP contribution in [0.25, 0.3) is 11.0 Å². The van der Waals surface area contributed by atoms with E-state index in [4.69, 9.17) is 0 Å². The van der Waals surface area contributed by atoms with Crippen molar-refractivity contribution in [2.45, 2.75) is 18.2 Å². The van der Waals surface area contributed by atoms with E-state index in [1.807, 2.05) is 18.2 Å². The number of fused-ring (bicyclic) bond motifs is 1. The second-order valence-electron chi connectivity index (χ2n) is 2.71. The van der Waals surface area contributed by atoms with Gasteiger partial charge >= 0.3 is 0 Å². The Morgan fingerprint density at radius 1 is 1.50 bits per heavy atom. The Morgan fingerprint density at radius 2 is 2.33 bits per heavy atom. The molecule has 0 radical (unpaired) electrons. The molecule has 0 spiro atoms. The number of para-hydroxylation sites is 1. The van der Waals surface area contributed by atoms with Gasteiger partial charge in [0, 0.05) is 11.3 Å². The maximum absolute atomic E-state index is 4.40. The number of hydrogen-bond donors (Lipinski definition) is 2. The number of H-pyrrole nitrogens is 1. The summed E-state index contributed by atoms with van der Waals surface area (Å²) in [5, 5.41) is 0. The molecule has 0 aliphatic carbocycles. The van der Waals surface area contributed by atoms with Crippen LogP contribution < -0.4 is 0 Å². The topological polar surface area (TPSA) is 28.7 Å². The summed E-state index contributed by atoms with van der Waals surface area (Å²) in [5.41, 5.74) is 2.04. The van der Waals surface area contributed by atoms with Crippen molar-refractivity contribution >= 4 is 23.7 Å². The number of imidazole rings is 1. The fraction of sp³-hybridized carbons (Fsp3) is 0.222. The lowest BCUT2D eigenvalue weighted by Gasteiger charge is -1.89. The average molecular weight is 178 g/mol. The molecule has 0 fully saturated rings. The molecule has 1 N–H and O–H groups in total. The van der Waals surface area contributed by atoms with Crippen molar-refractivity contribution in [3.05, 3.63) is 24.0 Å². The van der Waals surface area contributed by atoms with Crippen LogP contribution in [-0.4, -0.2) is 9.97 Å². The van der Waals surface area contributed by atoms with Gasteiger partial charge < -0.3 is 4.98 Å². The van der Waals surface area contributed by atoms with E-state index in [2.05, 4.69) is 29.5 Å². The maximum atomic E-state index is 4.40. The first-order valence-electron chi connectivity index (χ1n) is 3.98. The van der Waals surface area contributed by atoms with Crippen LogP contribution in [-0.2, 0) is 6.42 Å². The van der Waals surface area contributed by atoms with Gasteiger partial charge in [-0.3, -0.25) is 0 Å². The number of aryl methyl sites for hydroxylation is 1. The van der Waals surface area contributed by atoms with Gasteiger partial charge in [-0.05, 0) is 12.1 Å². The standard InChI is InChI=1S/C9H10N2S/c1-2-8-10-6-4-3-5-7(12)9(6)11-8/h3-5,12H,2H2,1H3,(H,10,11). The van der Waals surface area contributed by atoms with Gasteiger partial charge in [0.05, 0.1) is 5.52 Å². The Labute approximate surface area is 76.4 Å². The lowest BCUT2D eigenvalue weighted by Crippen LogP contribution is -1.79. The zero-order chi connectivity index (χ0) is 8.55. The Morgan fingerprint density at radius 3 is 3.00 bits per heavy atom. The lowest BCUT2D eigenvalue weighted by molar-refractivity contribution is 0.999. The van der Waals surface area contributed by atoms with Gasteiger partial charge in [-0.25, -0.2) is 4.98 Å². The fourth-order valence-corrected chi connectivity index (χ4v) is 1.49. The predicted octanol–water partition coefficient (Wildman–Crippen LogP) is 2.41. The number of rotatable bonds is 1. The first kappa shape index (κ1) is 7.68. The van der Waals surface area contributed by atoms with Crippen molar-refractivity contribution < 1.29 is 0 Å². The van der Waals surface area contributed by atoms with Crippen molar-refractivity contribution in [1.29, 1.82) is 0 Å². The van der Waals surface area contributed by atoms with Gasteiger partial charge in [0.1, 0.15) is 11.3 Å².